The molecular formula is C10H15N5O. The molecule has 0 saturated heterocycles. The van der Waals surface area contributed by atoms with Crippen molar-refractivity contribution >= 4 is 0 Å². The average Bonchev–Trinajstić information content (AvgIpc) is 2.85. The Balaban J connectivity index is 2.13. The van der Waals surface area contributed by atoms with Gasteiger partial charge in [0.05, 0.1) is 18.7 Å². The zero-order chi connectivity index (χ0) is 11.5. The van der Waals surface area contributed by atoms with Gasteiger partial charge in [-0.05, 0) is 6.92 Å². The Bertz CT molecular complexity index is 473. The van der Waals surface area contributed by atoms with Gasteiger partial charge in [-0.3, -0.25) is 5.10 Å². The molecule has 2 rings (SSSR count). The van der Waals surface area contributed by atoms with E-state index in [-0.39, 0.29) is 0 Å². The minimum atomic E-state index is 0.368. The normalized spacial score (nSPS) is 10.9. The second kappa shape index (κ2) is 4.44. The van der Waals surface area contributed by atoms with E-state index in [0.717, 1.165) is 23.7 Å². The average molecular weight is 221 g/mol. The second-order valence-electron chi connectivity index (χ2n) is 3.55. The first-order valence-electron chi connectivity index (χ1n) is 5.28. The topological polar surface area (TPSA) is 93.6 Å². The molecule has 0 saturated carbocycles. The summed E-state index contributed by atoms with van der Waals surface area (Å²) < 4.78 is 5.48. The van der Waals surface area contributed by atoms with Crippen molar-refractivity contribution in [2.75, 3.05) is 0 Å². The fraction of sp³-hybridized carbons (Fsp3) is 0.500. The Hall–Kier alpha value is -1.69. The summed E-state index contributed by atoms with van der Waals surface area (Å²) in [4.78, 5) is 8.56. The number of aromatic nitrogens is 4. The number of oxazole rings is 1. The largest absolute Gasteiger partial charge is 0.444 e. The molecule has 2 heterocycles. The maximum Gasteiger partial charge on any atom is 0.202 e. The van der Waals surface area contributed by atoms with Crippen molar-refractivity contribution in [1.29, 1.82) is 0 Å². The highest BCUT2D eigenvalue weighted by Gasteiger charge is 2.11. The standard InChI is InChI=1S/C10H15N5O/c1-3-8-13-9(15-14-8)4-10-12-6(2)7(5-11)16-10/h3-5,11H2,1-2H3,(H,13,14,15). The lowest BCUT2D eigenvalue weighted by Crippen LogP contribution is -1.95. The zero-order valence-corrected chi connectivity index (χ0v) is 9.45. The molecule has 0 atom stereocenters. The smallest absolute Gasteiger partial charge is 0.202 e. The third kappa shape index (κ3) is 2.11. The lowest BCUT2D eigenvalue weighted by atomic mass is 10.4. The van der Waals surface area contributed by atoms with E-state index in [1.807, 2.05) is 13.8 Å². The quantitative estimate of drug-likeness (QED) is 0.793. The number of hydrogen-bond donors (Lipinski definition) is 2. The third-order valence-corrected chi connectivity index (χ3v) is 2.34. The molecular weight excluding hydrogens is 206 g/mol. The van der Waals surface area contributed by atoms with E-state index >= 15 is 0 Å². The fourth-order valence-corrected chi connectivity index (χ4v) is 1.46. The Kier molecular flexibility index (Phi) is 3.00. The van der Waals surface area contributed by atoms with Crippen LogP contribution < -0.4 is 5.73 Å². The van der Waals surface area contributed by atoms with Gasteiger partial charge in [0.25, 0.3) is 0 Å². The molecule has 6 nitrogen and oxygen atoms in total. The van der Waals surface area contributed by atoms with Crippen LogP contribution in [0.4, 0.5) is 0 Å². The summed E-state index contributed by atoms with van der Waals surface area (Å²) in [6, 6.07) is 0. The first-order valence-corrected chi connectivity index (χ1v) is 5.28. The van der Waals surface area contributed by atoms with Gasteiger partial charge >= 0.3 is 0 Å². The van der Waals surface area contributed by atoms with Crippen molar-refractivity contribution in [2.45, 2.75) is 33.2 Å². The Morgan fingerprint density at radius 3 is 2.75 bits per heavy atom. The van der Waals surface area contributed by atoms with E-state index in [9.17, 15) is 0 Å². The van der Waals surface area contributed by atoms with Gasteiger partial charge in [-0.15, -0.1) is 0 Å². The van der Waals surface area contributed by atoms with E-state index in [1.165, 1.54) is 0 Å². The molecule has 0 spiro atoms. The van der Waals surface area contributed by atoms with Gasteiger partial charge in [0.15, 0.2) is 5.82 Å². The molecule has 0 fully saturated rings. The Labute approximate surface area is 93.3 Å². The molecule has 2 aromatic heterocycles. The number of nitrogens with one attached hydrogen (secondary N) is 1. The van der Waals surface area contributed by atoms with E-state index in [4.69, 9.17) is 10.2 Å². The van der Waals surface area contributed by atoms with Gasteiger partial charge in [-0.2, -0.15) is 5.10 Å². The molecule has 0 aliphatic heterocycles. The number of nitrogens with two attached hydrogens (primary N) is 1. The lowest BCUT2D eigenvalue weighted by molar-refractivity contribution is 0.462. The summed E-state index contributed by atoms with van der Waals surface area (Å²) >= 11 is 0. The molecule has 6 heteroatoms. The molecule has 0 aliphatic rings. The van der Waals surface area contributed by atoms with Crippen LogP contribution in [0.5, 0.6) is 0 Å². The van der Waals surface area contributed by atoms with E-state index in [0.29, 0.717) is 24.7 Å². The molecule has 16 heavy (non-hydrogen) atoms. The zero-order valence-electron chi connectivity index (χ0n) is 9.45. The van der Waals surface area contributed by atoms with E-state index < -0.39 is 0 Å². The van der Waals surface area contributed by atoms with Gasteiger partial charge in [-0.25, -0.2) is 9.97 Å². The monoisotopic (exact) mass is 221 g/mol. The molecule has 0 unspecified atom stereocenters. The van der Waals surface area contributed by atoms with Crippen LogP contribution in [0.25, 0.3) is 0 Å². The molecule has 0 radical (unpaired) electrons. The number of hydrogen-bond acceptors (Lipinski definition) is 5. The minimum Gasteiger partial charge on any atom is -0.444 e. The van der Waals surface area contributed by atoms with Crippen LogP contribution >= 0.6 is 0 Å². The van der Waals surface area contributed by atoms with Crippen LogP contribution in [0.3, 0.4) is 0 Å². The van der Waals surface area contributed by atoms with Crippen molar-refractivity contribution in [2.24, 2.45) is 5.73 Å². The highest BCUT2D eigenvalue weighted by atomic mass is 16.4. The summed E-state index contributed by atoms with van der Waals surface area (Å²) in [5.41, 5.74) is 6.35. The molecule has 0 amide bonds. The van der Waals surface area contributed by atoms with Crippen molar-refractivity contribution in [3.63, 3.8) is 0 Å². The highest BCUT2D eigenvalue weighted by molar-refractivity contribution is 5.09. The van der Waals surface area contributed by atoms with Gasteiger partial charge in [0, 0.05) is 6.42 Å². The van der Waals surface area contributed by atoms with E-state index in [2.05, 4.69) is 20.2 Å². The summed E-state index contributed by atoms with van der Waals surface area (Å²) in [5, 5.41) is 6.94. The minimum absolute atomic E-state index is 0.368. The molecule has 0 aliphatic carbocycles. The van der Waals surface area contributed by atoms with Crippen molar-refractivity contribution < 1.29 is 4.42 Å². The number of rotatable bonds is 4. The predicted molar refractivity (Wildman–Crippen MR) is 57.7 cm³/mol. The van der Waals surface area contributed by atoms with Gasteiger partial charge in [-0.1, -0.05) is 6.92 Å². The van der Waals surface area contributed by atoms with Gasteiger partial charge < -0.3 is 10.2 Å². The van der Waals surface area contributed by atoms with Crippen LogP contribution in [0.15, 0.2) is 4.42 Å². The molecule has 3 N–H and O–H groups in total. The van der Waals surface area contributed by atoms with Crippen LogP contribution in [0.1, 0.15) is 35.9 Å². The molecule has 86 valence electrons. The van der Waals surface area contributed by atoms with Crippen LogP contribution in [0.2, 0.25) is 0 Å². The molecule has 0 aromatic carbocycles. The first kappa shape index (κ1) is 10.8. The summed E-state index contributed by atoms with van der Waals surface area (Å²) in [6.07, 6.45) is 1.34. The molecule has 2 aromatic rings. The van der Waals surface area contributed by atoms with Gasteiger partial charge in [0.2, 0.25) is 5.89 Å². The number of aromatic amines is 1. The Morgan fingerprint density at radius 1 is 1.38 bits per heavy atom. The number of H-pyrrole nitrogens is 1. The number of nitrogens with zero attached hydrogens (tertiary/aromatic N) is 3. The second-order valence-corrected chi connectivity index (χ2v) is 3.55. The predicted octanol–water partition coefficient (Wildman–Crippen LogP) is 0.713. The summed E-state index contributed by atoms with van der Waals surface area (Å²) in [5.74, 6) is 2.90. The van der Waals surface area contributed by atoms with Crippen molar-refractivity contribution in [1.82, 2.24) is 20.2 Å². The van der Waals surface area contributed by atoms with Crippen LogP contribution in [-0.4, -0.2) is 20.2 Å². The van der Waals surface area contributed by atoms with Crippen LogP contribution in [0, 0.1) is 6.92 Å². The maximum atomic E-state index is 5.51. The van der Waals surface area contributed by atoms with Gasteiger partial charge in [0.1, 0.15) is 11.6 Å². The third-order valence-electron chi connectivity index (χ3n) is 2.34. The summed E-state index contributed by atoms with van der Waals surface area (Å²) in [6.45, 7) is 4.27. The van der Waals surface area contributed by atoms with Crippen molar-refractivity contribution in [3.05, 3.63) is 29.0 Å². The first-order chi connectivity index (χ1) is 7.72. The lowest BCUT2D eigenvalue weighted by Gasteiger charge is -1.89. The maximum absolute atomic E-state index is 5.51. The van der Waals surface area contributed by atoms with Crippen LogP contribution in [-0.2, 0) is 19.4 Å². The number of aryl methyl sites for hydroxylation is 2. The molecule has 0 bridgehead atoms. The van der Waals surface area contributed by atoms with Crippen molar-refractivity contribution in [3.8, 4) is 0 Å². The van der Waals surface area contributed by atoms with E-state index in [1.54, 1.807) is 0 Å². The SMILES string of the molecule is CCc1nc(Cc2nc(C)c(CN)o2)n[nH]1. The summed E-state index contributed by atoms with van der Waals surface area (Å²) in [7, 11) is 0. The fourth-order valence-electron chi connectivity index (χ4n) is 1.46. The highest BCUT2D eigenvalue weighted by Crippen LogP contribution is 2.11. The Morgan fingerprint density at radius 2 is 2.19 bits per heavy atom.